The van der Waals surface area contributed by atoms with E-state index in [4.69, 9.17) is 4.74 Å². The van der Waals surface area contributed by atoms with Gasteiger partial charge in [0.05, 0.1) is 17.9 Å². The molecule has 0 aliphatic carbocycles. The maximum absolute atomic E-state index is 12.2. The molecule has 2 aromatic carbocycles. The molecule has 0 aromatic heterocycles. The van der Waals surface area contributed by atoms with Crippen molar-refractivity contribution in [2.24, 2.45) is 0 Å². The molecule has 0 N–H and O–H groups in total. The Labute approximate surface area is 154 Å². The minimum Gasteiger partial charge on any atom is -0.494 e. The van der Waals surface area contributed by atoms with E-state index in [0.717, 1.165) is 17.0 Å². The predicted octanol–water partition coefficient (Wildman–Crippen LogP) is 4.29. The van der Waals surface area contributed by atoms with Crippen LogP contribution in [0.5, 0.6) is 5.75 Å². The topological polar surface area (TPSA) is 46.6 Å². The molecule has 1 aliphatic rings. The van der Waals surface area contributed by atoms with Crippen LogP contribution in [0.15, 0.2) is 42.5 Å². The second kappa shape index (κ2) is 6.94. The second-order valence-corrected chi connectivity index (χ2v) is 7.73. The van der Waals surface area contributed by atoms with Crippen LogP contribution in [-0.4, -0.2) is 24.8 Å². The van der Waals surface area contributed by atoms with Crippen LogP contribution in [0.4, 0.5) is 5.69 Å². The number of aryl methyl sites for hydroxylation is 1. The van der Waals surface area contributed by atoms with Crippen LogP contribution < -0.4 is 9.64 Å². The Morgan fingerprint density at radius 2 is 1.69 bits per heavy atom. The number of anilines is 1. The van der Waals surface area contributed by atoms with Crippen LogP contribution in [0.2, 0.25) is 0 Å². The summed E-state index contributed by atoms with van der Waals surface area (Å²) in [5.74, 6) is -0.0374. The van der Waals surface area contributed by atoms with E-state index in [-0.39, 0.29) is 5.41 Å². The summed E-state index contributed by atoms with van der Waals surface area (Å²) in [5.41, 5.74) is 3.58. The van der Waals surface area contributed by atoms with E-state index in [1.54, 1.807) is 11.0 Å². The molecule has 2 aromatic rings. The Hall–Kier alpha value is -2.62. The van der Waals surface area contributed by atoms with Gasteiger partial charge in [-0.2, -0.15) is 0 Å². The molecule has 0 atom stereocenters. The quantitative estimate of drug-likeness (QED) is 0.596. The number of para-hydroxylation sites is 1. The standard InChI is InChI=1S/C22H25NO3/c1-15-7-5-8-18-19(15)23(21(25)20(18)24)13-6-14-26-17-11-9-16(10-12-17)22(2,3)4/h5,7-12H,6,13-14H2,1-4H3. The van der Waals surface area contributed by atoms with Gasteiger partial charge in [-0.3, -0.25) is 9.59 Å². The number of rotatable bonds is 5. The smallest absolute Gasteiger partial charge is 0.299 e. The lowest BCUT2D eigenvalue weighted by Gasteiger charge is -2.20. The zero-order valence-electron chi connectivity index (χ0n) is 15.8. The van der Waals surface area contributed by atoms with Crippen LogP contribution in [0.25, 0.3) is 0 Å². The van der Waals surface area contributed by atoms with E-state index >= 15 is 0 Å². The number of carbonyl (C=O) groups is 2. The monoisotopic (exact) mass is 351 g/mol. The van der Waals surface area contributed by atoms with E-state index in [1.165, 1.54) is 5.56 Å². The number of hydrogen-bond acceptors (Lipinski definition) is 3. The molecule has 0 saturated heterocycles. The molecule has 1 amide bonds. The number of Topliss-reactive ketones (excluding diaryl/α,β-unsaturated/α-hetero) is 1. The maximum atomic E-state index is 12.2. The number of hydrogen-bond donors (Lipinski definition) is 0. The minimum absolute atomic E-state index is 0.117. The van der Waals surface area contributed by atoms with Gasteiger partial charge in [-0.1, -0.05) is 45.0 Å². The van der Waals surface area contributed by atoms with Gasteiger partial charge >= 0.3 is 0 Å². The Bertz CT molecular complexity index is 831. The highest BCUT2D eigenvalue weighted by Gasteiger charge is 2.36. The summed E-state index contributed by atoms with van der Waals surface area (Å²) < 4.78 is 5.79. The summed E-state index contributed by atoms with van der Waals surface area (Å²) >= 11 is 0. The van der Waals surface area contributed by atoms with Crippen molar-refractivity contribution in [1.29, 1.82) is 0 Å². The first kappa shape index (κ1) is 18.2. The predicted molar refractivity (Wildman–Crippen MR) is 103 cm³/mol. The van der Waals surface area contributed by atoms with Crippen molar-refractivity contribution in [3.8, 4) is 5.75 Å². The Morgan fingerprint density at radius 3 is 2.35 bits per heavy atom. The van der Waals surface area contributed by atoms with Crippen molar-refractivity contribution in [3.05, 3.63) is 59.2 Å². The maximum Gasteiger partial charge on any atom is 0.299 e. The summed E-state index contributed by atoms with van der Waals surface area (Å²) in [7, 11) is 0. The number of benzene rings is 2. The summed E-state index contributed by atoms with van der Waals surface area (Å²) in [6.07, 6.45) is 0.661. The number of ketones is 1. The van der Waals surface area contributed by atoms with Crippen LogP contribution >= 0.6 is 0 Å². The van der Waals surface area contributed by atoms with Crippen molar-refractivity contribution < 1.29 is 14.3 Å². The van der Waals surface area contributed by atoms with E-state index in [1.807, 2.05) is 31.2 Å². The molecular weight excluding hydrogens is 326 g/mol. The van der Waals surface area contributed by atoms with Gasteiger partial charge in [0.15, 0.2) is 0 Å². The van der Waals surface area contributed by atoms with Crippen molar-refractivity contribution in [1.82, 2.24) is 0 Å². The molecule has 0 fully saturated rings. The normalized spacial score (nSPS) is 13.9. The molecule has 3 rings (SSSR count). The van der Waals surface area contributed by atoms with Crippen LogP contribution in [-0.2, 0) is 10.2 Å². The van der Waals surface area contributed by atoms with Crippen molar-refractivity contribution in [2.45, 2.75) is 39.5 Å². The average molecular weight is 351 g/mol. The van der Waals surface area contributed by atoms with Gasteiger partial charge < -0.3 is 9.64 Å². The molecule has 0 unspecified atom stereocenters. The molecule has 136 valence electrons. The molecule has 4 heteroatoms. The lowest BCUT2D eigenvalue weighted by atomic mass is 9.87. The molecular formula is C22H25NO3. The first-order chi connectivity index (χ1) is 12.3. The summed E-state index contributed by atoms with van der Waals surface area (Å²) in [6, 6.07) is 13.6. The molecule has 0 radical (unpaired) electrons. The fourth-order valence-corrected chi connectivity index (χ4v) is 3.22. The average Bonchev–Trinajstić information content (AvgIpc) is 2.84. The van der Waals surface area contributed by atoms with E-state index < -0.39 is 11.7 Å². The highest BCUT2D eigenvalue weighted by atomic mass is 16.5. The zero-order valence-corrected chi connectivity index (χ0v) is 15.8. The van der Waals surface area contributed by atoms with Gasteiger partial charge in [0, 0.05) is 6.54 Å². The number of carbonyl (C=O) groups excluding carboxylic acids is 2. The Morgan fingerprint density at radius 1 is 1.00 bits per heavy atom. The van der Waals surface area contributed by atoms with Gasteiger partial charge in [0.2, 0.25) is 0 Å². The number of amides is 1. The Balaban J connectivity index is 1.58. The van der Waals surface area contributed by atoms with Crippen molar-refractivity contribution >= 4 is 17.4 Å². The minimum atomic E-state index is -0.441. The number of fused-ring (bicyclic) bond motifs is 1. The van der Waals surface area contributed by atoms with Gasteiger partial charge in [-0.05, 0) is 48.1 Å². The van der Waals surface area contributed by atoms with Crippen molar-refractivity contribution in [2.75, 3.05) is 18.1 Å². The lowest BCUT2D eigenvalue weighted by Crippen LogP contribution is -2.31. The molecule has 0 bridgehead atoms. The fraction of sp³-hybridized carbons (Fsp3) is 0.364. The van der Waals surface area contributed by atoms with Gasteiger partial charge in [0.1, 0.15) is 5.75 Å². The molecule has 1 heterocycles. The second-order valence-electron chi connectivity index (χ2n) is 7.73. The van der Waals surface area contributed by atoms with E-state index in [9.17, 15) is 9.59 Å². The molecule has 0 saturated carbocycles. The van der Waals surface area contributed by atoms with Gasteiger partial charge in [-0.25, -0.2) is 0 Å². The highest BCUT2D eigenvalue weighted by molar-refractivity contribution is 6.52. The highest BCUT2D eigenvalue weighted by Crippen LogP contribution is 2.32. The van der Waals surface area contributed by atoms with E-state index in [2.05, 4.69) is 32.9 Å². The summed E-state index contributed by atoms with van der Waals surface area (Å²) in [4.78, 5) is 25.9. The Kier molecular flexibility index (Phi) is 4.86. The van der Waals surface area contributed by atoms with Crippen molar-refractivity contribution in [3.63, 3.8) is 0 Å². The molecule has 4 nitrogen and oxygen atoms in total. The summed E-state index contributed by atoms with van der Waals surface area (Å²) in [6.45, 7) is 9.42. The third-order valence-corrected chi connectivity index (χ3v) is 4.71. The molecule has 26 heavy (non-hydrogen) atoms. The zero-order chi connectivity index (χ0) is 18.9. The van der Waals surface area contributed by atoms with E-state index in [0.29, 0.717) is 25.1 Å². The number of nitrogens with zero attached hydrogens (tertiary/aromatic N) is 1. The number of ether oxygens (including phenoxy) is 1. The summed E-state index contributed by atoms with van der Waals surface area (Å²) in [5, 5.41) is 0. The van der Waals surface area contributed by atoms with Crippen LogP contribution in [0, 0.1) is 6.92 Å². The molecule has 0 spiro atoms. The third kappa shape index (κ3) is 3.50. The third-order valence-electron chi connectivity index (χ3n) is 4.71. The fourth-order valence-electron chi connectivity index (χ4n) is 3.22. The van der Waals surface area contributed by atoms with Crippen LogP contribution in [0.3, 0.4) is 0 Å². The first-order valence-corrected chi connectivity index (χ1v) is 8.98. The molecule has 1 aliphatic heterocycles. The van der Waals surface area contributed by atoms with Gasteiger partial charge in [0.25, 0.3) is 11.7 Å². The van der Waals surface area contributed by atoms with Gasteiger partial charge in [-0.15, -0.1) is 0 Å². The first-order valence-electron chi connectivity index (χ1n) is 8.98. The SMILES string of the molecule is Cc1cccc2c1N(CCCOc1ccc(C(C)(C)C)cc1)C(=O)C2=O. The largest absolute Gasteiger partial charge is 0.494 e. The van der Waals surface area contributed by atoms with Crippen LogP contribution in [0.1, 0.15) is 48.7 Å². The lowest BCUT2D eigenvalue weighted by molar-refractivity contribution is -0.114.